The molecule has 0 saturated carbocycles. The van der Waals surface area contributed by atoms with Crippen LogP contribution in [0.15, 0.2) is 54.7 Å². The number of carbonyl (C=O) groups is 1. The van der Waals surface area contributed by atoms with Gasteiger partial charge in [-0.25, -0.2) is 0 Å². The number of amides is 1. The molecule has 0 radical (unpaired) electrons. The maximum Gasteiger partial charge on any atom is 0.234 e. The molecule has 3 atom stereocenters. The van der Waals surface area contributed by atoms with Crippen molar-refractivity contribution in [3.63, 3.8) is 0 Å². The topological polar surface area (TPSA) is 54.5 Å². The van der Waals surface area contributed by atoms with Gasteiger partial charge in [-0.2, -0.15) is 0 Å². The second-order valence-corrected chi connectivity index (χ2v) is 6.52. The fraction of sp³-hybridized carbons (Fsp3) is 0.400. The lowest BCUT2D eigenvalue weighted by molar-refractivity contribution is -0.132. The maximum absolute atomic E-state index is 12.4. The van der Waals surface area contributed by atoms with Crippen LogP contribution in [0.25, 0.3) is 0 Å². The van der Waals surface area contributed by atoms with E-state index in [0.29, 0.717) is 19.7 Å². The van der Waals surface area contributed by atoms with Crippen LogP contribution in [0.2, 0.25) is 0 Å². The number of hydrogen-bond donors (Lipinski definition) is 1. The Labute approximate surface area is 149 Å². The molecule has 3 unspecified atom stereocenters. The summed E-state index contributed by atoms with van der Waals surface area (Å²) in [5.41, 5.74) is 2.02. The molecule has 1 N–H and O–H groups in total. The normalized spacial score (nSPS) is 24.0. The van der Waals surface area contributed by atoms with E-state index < -0.39 is 0 Å². The number of nitrogens with zero attached hydrogens (tertiary/aromatic N) is 2. The van der Waals surface area contributed by atoms with Gasteiger partial charge < -0.3 is 10.1 Å². The van der Waals surface area contributed by atoms with Crippen molar-refractivity contribution in [3.8, 4) is 0 Å². The van der Waals surface area contributed by atoms with Crippen LogP contribution in [-0.2, 0) is 16.1 Å². The minimum Gasteiger partial charge on any atom is -0.370 e. The Bertz CT molecular complexity index is 678. The van der Waals surface area contributed by atoms with Crippen molar-refractivity contribution in [2.24, 2.45) is 0 Å². The number of morpholine rings is 1. The van der Waals surface area contributed by atoms with Crippen LogP contribution < -0.4 is 5.32 Å². The summed E-state index contributed by atoms with van der Waals surface area (Å²) in [5.74, 6) is 0.0121. The molecule has 1 aromatic heterocycles. The summed E-state index contributed by atoms with van der Waals surface area (Å²) in [6.07, 6.45) is 1.72. The molecule has 2 aromatic rings. The van der Waals surface area contributed by atoms with Crippen LogP contribution in [0.1, 0.15) is 31.2 Å². The van der Waals surface area contributed by atoms with Crippen molar-refractivity contribution in [1.29, 1.82) is 0 Å². The molecule has 3 rings (SSSR count). The molecule has 1 aromatic carbocycles. The Balaban J connectivity index is 1.60. The monoisotopic (exact) mass is 339 g/mol. The Morgan fingerprint density at radius 3 is 2.68 bits per heavy atom. The van der Waals surface area contributed by atoms with Gasteiger partial charge in [-0.1, -0.05) is 36.4 Å². The van der Waals surface area contributed by atoms with Crippen LogP contribution in [0.3, 0.4) is 0 Å². The second kappa shape index (κ2) is 8.23. The number of benzene rings is 1. The number of hydrogen-bond acceptors (Lipinski definition) is 4. The van der Waals surface area contributed by atoms with Gasteiger partial charge >= 0.3 is 0 Å². The highest BCUT2D eigenvalue weighted by Gasteiger charge is 2.35. The molecule has 5 nitrogen and oxygen atoms in total. The maximum atomic E-state index is 12.4. The van der Waals surface area contributed by atoms with Crippen LogP contribution >= 0.6 is 0 Å². The minimum absolute atomic E-state index is 0.0121. The molecule has 2 heterocycles. The molecule has 25 heavy (non-hydrogen) atoms. The van der Waals surface area contributed by atoms with E-state index in [1.165, 1.54) is 0 Å². The predicted molar refractivity (Wildman–Crippen MR) is 96.8 cm³/mol. The molecule has 5 heteroatoms. The molecule has 1 aliphatic heterocycles. The number of aromatic nitrogens is 1. The Kier molecular flexibility index (Phi) is 5.79. The average Bonchev–Trinajstić information content (AvgIpc) is 2.65. The zero-order valence-electron chi connectivity index (χ0n) is 14.8. The third kappa shape index (κ3) is 4.44. The summed E-state index contributed by atoms with van der Waals surface area (Å²) < 4.78 is 6.05. The Morgan fingerprint density at radius 2 is 1.96 bits per heavy atom. The van der Waals surface area contributed by atoms with Crippen molar-refractivity contribution in [2.45, 2.75) is 38.6 Å². The number of carbonyl (C=O) groups excluding carboxylic acids is 1. The summed E-state index contributed by atoms with van der Waals surface area (Å²) >= 11 is 0. The van der Waals surface area contributed by atoms with E-state index in [0.717, 1.165) is 11.3 Å². The minimum atomic E-state index is -0.0130. The third-order valence-electron chi connectivity index (χ3n) is 4.69. The van der Waals surface area contributed by atoms with Gasteiger partial charge in [0.15, 0.2) is 0 Å². The highest BCUT2D eigenvalue weighted by Crippen LogP contribution is 2.30. The smallest absolute Gasteiger partial charge is 0.234 e. The molecule has 132 valence electrons. The number of pyridine rings is 1. The van der Waals surface area contributed by atoms with Gasteiger partial charge in [0, 0.05) is 18.3 Å². The molecule has 0 aliphatic carbocycles. The van der Waals surface area contributed by atoms with E-state index in [-0.39, 0.29) is 24.1 Å². The quantitative estimate of drug-likeness (QED) is 0.910. The van der Waals surface area contributed by atoms with Gasteiger partial charge in [-0.3, -0.25) is 14.7 Å². The number of nitrogens with one attached hydrogen (secondary N) is 1. The highest BCUT2D eigenvalue weighted by atomic mass is 16.5. The van der Waals surface area contributed by atoms with Crippen molar-refractivity contribution >= 4 is 5.91 Å². The number of ether oxygens (including phenoxy) is 1. The first-order valence-corrected chi connectivity index (χ1v) is 8.74. The molecule has 1 aliphatic rings. The van der Waals surface area contributed by atoms with E-state index in [9.17, 15) is 4.79 Å². The van der Waals surface area contributed by atoms with Crippen molar-refractivity contribution in [3.05, 3.63) is 66.0 Å². The Morgan fingerprint density at radius 1 is 1.20 bits per heavy atom. The van der Waals surface area contributed by atoms with Gasteiger partial charge in [0.2, 0.25) is 5.91 Å². The molecular formula is C20H25N3O2. The molecule has 1 saturated heterocycles. The van der Waals surface area contributed by atoms with Crippen LogP contribution in [0, 0.1) is 0 Å². The van der Waals surface area contributed by atoms with E-state index in [1.807, 2.05) is 36.4 Å². The first-order valence-electron chi connectivity index (χ1n) is 8.74. The molecule has 0 spiro atoms. The predicted octanol–water partition coefficient (Wildman–Crippen LogP) is 2.55. The summed E-state index contributed by atoms with van der Waals surface area (Å²) in [7, 11) is 0. The zero-order valence-corrected chi connectivity index (χ0v) is 14.8. The number of rotatable bonds is 5. The highest BCUT2D eigenvalue weighted by molar-refractivity contribution is 5.78. The molecule has 0 bridgehead atoms. The fourth-order valence-corrected chi connectivity index (χ4v) is 3.28. The fourth-order valence-electron chi connectivity index (χ4n) is 3.28. The van der Waals surface area contributed by atoms with Crippen molar-refractivity contribution in [2.75, 3.05) is 13.2 Å². The van der Waals surface area contributed by atoms with Crippen molar-refractivity contribution < 1.29 is 9.53 Å². The summed E-state index contributed by atoms with van der Waals surface area (Å²) in [5, 5.41) is 2.96. The standard InChI is InChI=1S/C20H25N3O2/c1-15-14-25-20(17-8-4-3-5-9-17)16(2)23(15)13-19(24)22-12-18-10-6-7-11-21-18/h3-11,15-16,20H,12-14H2,1-2H3,(H,22,24). The first kappa shape index (κ1) is 17.6. The molecule has 1 amide bonds. The van der Waals surface area contributed by atoms with Crippen LogP contribution in [0.5, 0.6) is 0 Å². The summed E-state index contributed by atoms with van der Waals surface area (Å²) in [4.78, 5) is 18.8. The zero-order chi connectivity index (χ0) is 17.6. The molecular weight excluding hydrogens is 314 g/mol. The van der Waals surface area contributed by atoms with E-state index in [2.05, 4.69) is 41.2 Å². The Hall–Kier alpha value is -2.24. The lowest BCUT2D eigenvalue weighted by Gasteiger charge is -2.43. The van der Waals surface area contributed by atoms with Crippen molar-refractivity contribution in [1.82, 2.24) is 15.2 Å². The summed E-state index contributed by atoms with van der Waals surface area (Å²) in [6, 6.07) is 16.2. The van der Waals surface area contributed by atoms with Crippen LogP contribution in [0.4, 0.5) is 0 Å². The van der Waals surface area contributed by atoms with Gasteiger partial charge in [-0.05, 0) is 31.5 Å². The van der Waals surface area contributed by atoms with Gasteiger partial charge in [0.05, 0.1) is 31.5 Å². The van der Waals surface area contributed by atoms with Crippen LogP contribution in [-0.4, -0.2) is 41.0 Å². The molecule has 1 fully saturated rings. The lowest BCUT2D eigenvalue weighted by atomic mass is 9.98. The van der Waals surface area contributed by atoms with Gasteiger partial charge in [0.1, 0.15) is 0 Å². The van der Waals surface area contributed by atoms with Gasteiger partial charge in [0.25, 0.3) is 0 Å². The lowest BCUT2D eigenvalue weighted by Crippen LogP contribution is -2.54. The third-order valence-corrected chi connectivity index (χ3v) is 4.69. The first-order chi connectivity index (χ1) is 12.1. The van der Waals surface area contributed by atoms with E-state index in [4.69, 9.17) is 4.74 Å². The summed E-state index contributed by atoms with van der Waals surface area (Å²) in [6.45, 7) is 5.66. The largest absolute Gasteiger partial charge is 0.370 e. The van der Waals surface area contributed by atoms with E-state index in [1.54, 1.807) is 6.20 Å². The average molecular weight is 339 g/mol. The van der Waals surface area contributed by atoms with E-state index >= 15 is 0 Å². The SMILES string of the molecule is CC1COC(c2ccccc2)C(C)N1CC(=O)NCc1ccccn1. The second-order valence-electron chi connectivity index (χ2n) is 6.52. The van der Waals surface area contributed by atoms with Gasteiger partial charge in [-0.15, -0.1) is 0 Å².